The zero-order valence-electron chi connectivity index (χ0n) is 13.7. The first-order valence-electron chi connectivity index (χ1n) is 7.64. The van der Waals surface area contributed by atoms with Crippen molar-refractivity contribution in [2.75, 3.05) is 24.7 Å². The van der Waals surface area contributed by atoms with E-state index in [1.807, 2.05) is 35.8 Å². The summed E-state index contributed by atoms with van der Waals surface area (Å²) >= 11 is 0. The lowest BCUT2D eigenvalue weighted by molar-refractivity contribution is 0.100. The predicted molar refractivity (Wildman–Crippen MR) is 94.8 cm³/mol. The maximum Gasteiger partial charge on any atom is 0.254 e. The van der Waals surface area contributed by atoms with Crippen molar-refractivity contribution in [3.63, 3.8) is 0 Å². The summed E-state index contributed by atoms with van der Waals surface area (Å²) in [6, 6.07) is 5.74. The van der Waals surface area contributed by atoms with Crippen molar-refractivity contribution < 1.29 is 4.79 Å². The molecule has 9 nitrogen and oxygen atoms in total. The van der Waals surface area contributed by atoms with Crippen LogP contribution in [0.1, 0.15) is 10.4 Å². The van der Waals surface area contributed by atoms with Crippen LogP contribution in [0.5, 0.6) is 0 Å². The number of nitrogens with two attached hydrogens (primary N) is 1. The lowest BCUT2D eigenvalue weighted by Crippen LogP contribution is -2.12. The SMILES string of the molecule is CNc1ccc(-c2cc(NC)n3ncc(C(N)=O)c3n2)n2ccnc12. The molecule has 4 heterocycles. The molecule has 4 aromatic heterocycles. The Bertz CT molecular complexity index is 1110. The number of nitrogens with zero attached hydrogens (tertiary/aromatic N) is 5. The summed E-state index contributed by atoms with van der Waals surface area (Å²) in [5, 5.41) is 10.4. The summed E-state index contributed by atoms with van der Waals surface area (Å²) in [6.45, 7) is 0. The van der Waals surface area contributed by atoms with Gasteiger partial charge >= 0.3 is 0 Å². The molecule has 0 fully saturated rings. The van der Waals surface area contributed by atoms with E-state index in [2.05, 4.69) is 25.7 Å². The van der Waals surface area contributed by atoms with E-state index in [0.29, 0.717) is 17.2 Å². The van der Waals surface area contributed by atoms with Crippen LogP contribution >= 0.6 is 0 Å². The van der Waals surface area contributed by atoms with E-state index in [9.17, 15) is 4.79 Å². The monoisotopic (exact) mass is 336 g/mol. The van der Waals surface area contributed by atoms with Crippen molar-refractivity contribution in [2.24, 2.45) is 5.73 Å². The Morgan fingerprint density at radius 2 is 2.04 bits per heavy atom. The number of imidazole rings is 1. The summed E-state index contributed by atoms with van der Waals surface area (Å²) < 4.78 is 3.49. The third-order valence-corrected chi connectivity index (χ3v) is 4.07. The Labute approximate surface area is 142 Å². The molecule has 0 saturated carbocycles. The van der Waals surface area contributed by atoms with Crippen LogP contribution in [0.25, 0.3) is 22.7 Å². The number of anilines is 2. The molecule has 25 heavy (non-hydrogen) atoms. The van der Waals surface area contributed by atoms with Crippen LogP contribution in [0.15, 0.2) is 36.8 Å². The highest BCUT2D eigenvalue weighted by Crippen LogP contribution is 2.27. The molecular formula is C16H16N8O. The molecular weight excluding hydrogens is 320 g/mol. The second-order valence-electron chi connectivity index (χ2n) is 5.44. The molecule has 0 aromatic carbocycles. The Balaban J connectivity index is 2.03. The van der Waals surface area contributed by atoms with Crippen LogP contribution in [-0.4, -0.2) is 44.0 Å². The Hall–Kier alpha value is -3.62. The number of rotatable bonds is 4. The first kappa shape index (κ1) is 14.9. The van der Waals surface area contributed by atoms with Crippen molar-refractivity contribution in [3.05, 3.63) is 42.4 Å². The second kappa shape index (κ2) is 5.48. The van der Waals surface area contributed by atoms with Gasteiger partial charge in [-0.15, -0.1) is 0 Å². The average molecular weight is 336 g/mol. The van der Waals surface area contributed by atoms with Gasteiger partial charge in [0.25, 0.3) is 5.91 Å². The van der Waals surface area contributed by atoms with Gasteiger partial charge in [0.2, 0.25) is 0 Å². The minimum Gasteiger partial charge on any atom is -0.385 e. The van der Waals surface area contributed by atoms with Crippen LogP contribution < -0.4 is 16.4 Å². The number of primary amides is 1. The summed E-state index contributed by atoms with van der Waals surface area (Å²) in [4.78, 5) is 20.7. The minimum absolute atomic E-state index is 0.270. The molecule has 0 atom stereocenters. The zero-order chi connectivity index (χ0) is 17.6. The highest BCUT2D eigenvalue weighted by molar-refractivity contribution is 5.99. The smallest absolute Gasteiger partial charge is 0.254 e. The fourth-order valence-electron chi connectivity index (χ4n) is 2.86. The maximum absolute atomic E-state index is 11.7. The van der Waals surface area contributed by atoms with Gasteiger partial charge in [-0.05, 0) is 12.1 Å². The van der Waals surface area contributed by atoms with Crippen LogP contribution in [0.4, 0.5) is 11.5 Å². The fourth-order valence-corrected chi connectivity index (χ4v) is 2.86. The molecule has 4 aromatic rings. The highest BCUT2D eigenvalue weighted by atomic mass is 16.1. The number of pyridine rings is 1. The van der Waals surface area contributed by atoms with Gasteiger partial charge in [-0.25, -0.2) is 9.97 Å². The maximum atomic E-state index is 11.7. The van der Waals surface area contributed by atoms with E-state index in [1.54, 1.807) is 17.8 Å². The quantitative estimate of drug-likeness (QED) is 0.516. The third-order valence-electron chi connectivity index (χ3n) is 4.07. The number of fused-ring (bicyclic) bond motifs is 2. The Morgan fingerprint density at radius 3 is 2.76 bits per heavy atom. The van der Waals surface area contributed by atoms with Gasteiger partial charge in [0.05, 0.1) is 23.3 Å². The van der Waals surface area contributed by atoms with E-state index < -0.39 is 5.91 Å². The van der Waals surface area contributed by atoms with Gasteiger partial charge in [0.1, 0.15) is 11.4 Å². The lowest BCUT2D eigenvalue weighted by Gasteiger charge is -2.11. The van der Waals surface area contributed by atoms with E-state index in [4.69, 9.17) is 5.73 Å². The van der Waals surface area contributed by atoms with E-state index >= 15 is 0 Å². The normalized spacial score (nSPS) is 11.1. The van der Waals surface area contributed by atoms with Crippen LogP contribution in [0.3, 0.4) is 0 Å². The summed E-state index contributed by atoms with van der Waals surface area (Å²) in [5.74, 6) is 0.124. The topological polar surface area (TPSA) is 115 Å². The molecule has 1 amide bonds. The van der Waals surface area contributed by atoms with Crippen molar-refractivity contribution in [2.45, 2.75) is 0 Å². The number of hydrogen-bond donors (Lipinski definition) is 3. The van der Waals surface area contributed by atoms with E-state index in [-0.39, 0.29) is 5.56 Å². The Morgan fingerprint density at radius 1 is 1.20 bits per heavy atom. The molecule has 9 heteroatoms. The van der Waals surface area contributed by atoms with Crippen molar-refractivity contribution in [3.8, 4) is 11.4 Å². The number of carbonyl (C=O) groups excluding carboxylic acids is 1. The molecule has 0 spiro atoms. The van der Waals surface area contributed by atoms with Crippen LogP contribution in [-0.2, 0) is 0 Å². The summed E-state index contributed by atoms with van der Waals surface area (Å²) in [6.07, 6.45) is 5.01. The largest absolute Gasteiger partial charge is 0.385 e. The standard InChI is InChI=1S/C16H16N8O/c1-18-10-3-4-12(23-6-5-20-16(10)23)11-7-13(19-2)24-15(22-11)9(8-21-24)14(17)25/h3-8,18-19H,1-2H3,(H2,17,25). The average Bonchev–Trinajstić information content (AvgIpc) is 3.26. The van der Waals surface area contributed by atoms with Crippen molar-refractivity contribution in [1.82, 2.24) is 24.0 Å². The van der Waals surface area contributed by atoms with E-state index in [0.717, 1.165) is 17.0 Å². The summed E-state index contributed by atoms with van der Waals surface area (Å²) in [5.41, 5.74) is 9.32. The first-order valence-corrected chi connectivity index (χ1v) is 7.64. The van der Waals surface area contributed by atoms with Gasteiger partial charge in [-0.1, -0.05) is 0 Å². The lowest BCUT2D eigenvalue weighted by atomic mass is 10.2. The van der Waals surface area contributed by atoms with Gasteiger partial charge in [0, 0.05) is 32.6 Å². The molecule has 0 bridgehead atoms. The minimum atomic E-state index is -0.569. The number of nitrogens with one attached hydrogen (secondary N) is 2. The van der Waals surface area contributed by atoms with E-state index in [1.165, 1.54) is 6.20 Å². The third kappa shape index (κ3) is 2.17. The number of aromatic nitrogens is 5. The molecule has 0 aliphatic rings. The molecule has 4 rings (SSSR count). The molecule has 126 valence electrons. The number of amides is 1. The number of carbonyl (C=O) groups is 1. The van der Waals surface area contributed by atoms with Gasteiger partial charge < -0.3 is 16.4 Å². The molecule has 0 saturated heterocycles. The van der Waals surface area contributed by atoms with Gasteiger partial charge in [-0.3, -0.25) is 9.20 Å². The molecule has 4 N–H and O–H groups in total. The number of hydrogen-bond acceptors (Lipinski definition) is 6. The van der Waals surface area contributed by atoms with Crippen LogP contribution in [0, 0.1) is 0 Å². The van der Waals surface area contributed by atoms with Gasteiger partial charge in [-0.2, -0.15) is 9.61 Å². The van der Waals surface area contributed by atoms with Crippen LogP contribution in [0.2, 0.25) is 0 Å². The van der Waals surface area contributed by atoms with Crippen molar-refractivity contribution >= 4 is 28.7 Å². The highest BCUT2D eigenvalue weighted by Gasteiger charge is 2.17. The fraction of sp³-hybridized carbons (Fsp3) is 0.125. The summed E-state index contributed by atoms with van der Waals surface area (Å²) in [7, 11) is 3.62. The van der Waals surface area contributed by atoms with Gasteiger partial charge in [0.15, 0.2) is 11.3 Å². The Kier molecular flexibility index (Phi) is 3.27. The molecule has 0 aliphatic heterocycles. The molecule has 0 aliphatic carbocycles. The second-order valence-corrected chi connectivity index (χ2v) is 5.44. The zero-order valence-corrected chi connectivity index (χ0v) is 13.7. The van der Waals surface area contributed by atoms with Crippen molar-refractivity contribution in [1.29, 1.82) is 0 Å². The molecule has 0 unspecified atom stereocenters. The predicted octanol–water partition coefficient (Wildman–Crippen LogP) is 1.23. The molecule has 0 radical (unpaired) electrons. The first-order chi connectivity index (χ1) is 12.1.